The van der Waals surface area contributed by atoms with Crippen LogP contribution in [0.25, 0.3) is 0 Å². The number of carbonyl (C=O) groups excluding carboxylic acids is 2. The number of esters is 1. The predicted octanol–water partition coefficient (Wildman–Crippen LogP) is 3.96. The van der Waals surface area contributed by atoms with E-state index in [0.717, 1.165) is 24.8 Å². The Balaban J connectivity index is 2.71. The second-order valence-electron chi connectivity index (χ2n) is 13.9. The first-order valence-electron chi connectivity index (χ1n) is 19.0. The molecule has 0 aliphatic carbocycles. The van der Waals surface area contributed by atoms with Crippen molar-refractivity contribution in [2.24, 2.45) is 5.92 Å². The van der Waals surface area contributed by atoms with Crippen molar-refractivity contribution >= 4 is 27.1 Å². The quantitative estimate of drug-likeness (QED) is 0.0287. The third-order valence-electron chi connectivity index (χ3n) is 8.56. The summed E-state index contributed by atoms with van der Waals surface area (Å²) >= 11 is 0. The van der Waals surface area contributed by atoms with E-state index < -0.39 is 76.4 Å². The van der Waals surface area contributed by atoms with E-state index >= 15 is 0 Å². The minimum atomic E-state index is -4.73. The third kappa shape index (κ3) is 22.9. The van der Waals surface area contributed by atoms with Crippen molar-refractivity contribution in [2.75, 3.05) is 79.7 Å². The van der Waals surface area contributed by atoms with Gasteiger partial charge in [-0.2, -0.15) is 0 Å². The average molecular weight is 860 g/mol. The number of aliphatic hydroxyl groups is 4. The summed E-state index contributed by atoms with van der Waals surface area (Å²) in [5, 5.41) is 43.6. The zero-order chi connectivity index (χ0) is 42.9. The molecule has 0 aromatic carbocycles. The van der Waals surface area contributed by atoms with E-state index in [-0.39, 0.29) is 45.8 Å². The van der Waals surface area contributed by atoms with Crippen molar-refractivity contribution in [3.05, 3.63) is 34.9 Å². The monoisotopic (exact) mass is 859 g/mol. The summed E-state index contributed by atoms with van der Waals surface area (Å²) in [6.45, 7) is 10.1. The molecular weight excluding hydrogens is 792 g/mol. The standard InChI is InChI=1S/C37H67NO17P2/c1-27(2)10-8-11-28(3)12-9-13-29(4)16-17-52-56(45,25-39)55-57(46,26-40)54-37-30(5)35(43)36(44)32(53-37)22-38-33(41)14-15-34(42)51-24-31(50-21-19-48-7)23-49-20-18-47-6/h10,12,16,30-32,35-37,39-40,43-44H,8-9,11,13-15,17-26H2,1-7H3,(H,38,41)/b28-12+,29-16-/t30?,31?,32?,35-,36+,37+,56-,57+/m1/s1. The summed E-state index contributed by atoms with van der Waals surface area (Å²) in [5.74, 6) is -2.34. The lowest BCUT2D eigenvalue weighted by Gasteiger charge is -2.42. The number of aliphatic hydroxyl groups excluding tert-OH is 4. The molecule has 0 saturated carbocycles. The van der Waals surface area contributed by atoms with Gasteiger partial charge in [-0.05, 0) is 53.4 Å². The number of rotatable bonds is 31. The maximum atomic E-state index is 13.5. The van der Waals surface area contributed by atoms with Gasteiger partial charge in [0.15, 0.2) is 6.29 Å². The van der Waals surface area contributed by atoms with Gasteiger partial charge < -0.3 is 58.7 Å². The van der Waals surface area contributed by atoms with Gasteiger partial charge in [0.05, 0.1) is 52.2 Å². The van der Waals surface area contributed by atoms with Gasteiger partial charge in [-0.15, -0.1) is 0 Å². The van der Waals surface area contributed by atoms with E-state index in [2.05, 4.69) is 38.2 Å². The molecule has 1 rings (SSSR count). The van der Waals surface area contributed by atoms with E-state index in [1.807, 2.05) is 6.92 Å². The maximum Gasteiger partial charge on any atom is 0.365 e. The molecule has 57 heavy (non-hydrogen) atoms. The fourth-order valence-corrected chi connectivity index (χ4v) is 8.36. The number of nitrogens with one attached hydrogen (secondary N) is 1. The van der Waals surface area contributed by atoms with Crippen LogP contribution in [-0.4, -0.2) is 143 Å². The molecule has 332 valence electrons. The molecule has 1 heterocycles. The molecule has 1 aliphatic heterocycles. The Labute approximate surface area is 337 Å². The lowest BCUT2D eigenvalue weighted by Crippen LogP contribution is -2.57. The molecule has 0 aromatic heterocycles. The molecule has 1 amide bonds. The molecule has 20 heteroatoms. The van der Waals surface area contributed by atoms with Crippen molar-refractivity contribution in [1.82, 2.24) is 5.32 Å². The van der Waals surface area contributed by atoms with E-state index in [1.54, 1.807) is 6.08 Å². The van der Waals surface area contributed by atoms with Crippen LogP contribution in [0.5, 0.6) is 0 Å². The highest BCUT2D eigenvalue weighted by molar-refractivity contribution is 7.67. The second-order valence-corrected chi connectivity index (χ2v) is 18.0. The van der Waals surface area contributed by atoms with Crippen molar-refractivity contribution in [1.29, 1.82) is 0 Å². The Bertz CT molecular complexity index is 1360. The Morgan fingerprint density at radius 2 is 1.44 bits per heavy atom. The Kier molecular flexibility index (Phi) is 27.4. The Morgan fingerprint density at radius 3 is 2.07 bits per heavy atom. The second kappa shape index (κ2) is 29.4. The van der Waals surface area contributed by atoms with Gasteiger partial charge >= 0.3 is 21.2 Å². The molecule has 3 unspecified atom stereocenters. The normalized spacial score (nSPS) is 23.0. The molecule has 0 aromatic rings. The van der Waals surface area contributed by atoms with Gasteiger partial charge in [-0.3, -0.25) is 23.2 Å². The molecule has 18 nitrogen and oxygen atoms in total. The first-order valence-corrected chi connectivity index (χ1v) is 22.5. The fourth-order valence-electron chi connectivity index (χ4n) is 5.08. The van der Waals surface area contributed by atoms with Gasteiger partial charge in [-0.1, -0.05) is 41.9 Å². The summed E-state index contributed by atoms with van der Waals surface area (Å²) in [5.41, 5.74) is 3.46. The first kappa shape index (κ1) is 53.2. The van der Waals surface area contributed by atoms with E-state index in [1.165, 1.54) is 32.3 Å². The molecule has 1 fully saturated rings. The summed E-state index contributed by atoms with van der Waals surface area (Å²) in [6.07, 6.45) is -0.170. The maximum absolute atomic E-state index is 13.5. The highest BCUT2D eigenvalue weighted by Crippen LogP contribution is 2.65. The van der Waals surface area contributed by atoms with E-state index in [0.29, 0.717) is 26.2 Å². The number of hydrogen-bond donors (Lipinski definition) is 5. The molecule has 5 N–H and O–H groups in total. The number of allylic oxidation sites excluding steroid dienone is 5. The fraction of sp³-hybridized carbons (Fsp3) is 0.784. The smallest absolute Gasteiger partial charge is 0.365 e. The first-order chi connectivity index (χ1) is 27.0. The van der Waals surface area contributed by atoms with Gasteiger partial charge in [0.25, 0.3) is 0 Å². The lowest BCUT2D eigenvalue weighted by molar-refractivity contribution is -0.250. The largest absolute Gasteiger partial charge is 0.463 e. The predicted molar refractivity (Wildman–Crippen MR) is 210 cm³/mol. The molecule has 8 atom stereocenters. The van der Waals surface area contributed by atoms with Crippen LogP contribution in [0.1, 0.15) is 73.1 Å². The van der Waals surface area contributed by atoms with Crippen molar-refractivity contribution in [3.63, 3.8) is 0 Å². The van der Waals surface area contributed by atoms with Gasteiger partial charge in [0, 0.05) is 33.1 Å². The zero-order valence-electron chi connectivity index (χ0n) is 34.5. The van der Waals surface area contributed by atoms with Gasteiger partial charge in [0.2, 0.25) is 5.91 Å². The highest BCUT2D eigenvalue weighted by Gasteiger charge is 2.47. The summed E-state index contributed by atoms with van der Waals surface area (Å²) < 4.78 is 74.5. The molecule has 1 saturated heterocycles. The third-order valence-corrected chi connectivity index (χ3v) is 12.3. The van der Waals surface area contributed by atoms with Gasteiger partial charge in [0.1, 0.15) is 37.6 Å². The van der Waals surface area contributed by atoms with Crippen LogP contribution in [0.15, 0.2) is 34.9 Å². The number of methoxy groups -OCH3 is 2. The minimum absolute atomic E-state index is 0.121. The van der Waals surface area contributed by atoms with Crippen LogP contribution >= 0.6 is 15.2 Å². The molecule has 0 spiro atoms. The number of amides is 1. The van der Waals surface area contributed by atoms with Crippen molar-refractivity contribution in [3.8, 4) is 0 Å². The Hall–Kier alpha value is -1.86. The number of carbonyl (C=O) groups is 2. The molecule has 0 bridgehead atoms. The Morgan fingerprint density at radius 1 is 0.807 bits per heavy atom. The highest BCUT2D eigenvalue weighted by atomic mass is 31.3. The van der Waals surface area contributed by atoms with E-state index in [9.17, 15) is 39.1 Å². The summed E-state index contributed by atoms with van der Waals surface area (Å²) in [4.78, 5) is 24.9. The number of hydrogen-bond acceptors (Lipinski definition) is 17. The van der Waals surface area contributed by atoms with E-state index in [4.69, 9.17) is 41.8 Å². The van der Waals surface area contributed by atoms with Crippen molar-refractivity contribution in [2.45, 2.75) is 104 Å². The van der Waals surface area contributed by atoms with Crippen LogP contribution in [0.2, 0.25) is 0 Å². The van der Waals surface area contributed by atoms with Crippen LogP contribution in [0, 0.1) is 5.92 Å². The van der Waals surface area contributed by atoms with Crippen LogP contribution in [0.4, 0.5) is 0 Å². The molecular formula is C37H67NO17P2. The average Bonchev–Trinajstić information content (AvgIpc) is 3.17. The number of ether oxygens (including phenoxy) is 6. The van der Waals surface area contributed by atoms with Crippen LogP contribution < -0.4 is 5.32 Å². The molecule has 1 aliphatic rings. The minimum Gasteiger partial charge on any atom is -0.463 e. The summed E-state index contributed by atoms with van der Waals surface area (Å²) in [7, 11) is -6.16. The van der Waals surface area contributed by atoms with Crippen LogP contribution in [-0.2, 0) is 60.5 Å². The van der Waals surface area contributed by atoms with Gasteiger partial charge in [-0.25, -0.2) is 4.31 Å². The zero-order valence-corrected chi connectivity index (χ0v) is 36.3. The lowest BCUT2D eigenvalue weighted by atomic mass is 9.92. The molecule has 0 radical (unpaired) electrons. The van der Waals surface area contributed by atoms with Crippen LogP contribution in [0.3, 0.4) is 0 Å². The van der Waals surface area contributed by atoms with Crippen molar-refractivity contribution < 1.29 is 80.9 Å². The summed E-state index contributed by atoms with van der Waals surface area (Å²) in [6, 6.07) is 0. The topological polar surface area (TPSA) is 244 Å². The SMILES string of the molecule is COCCOCC(COC(=O)CCC(=O)NCC1O[C@@H](O[P@@](=O)(CO)O[P@@](=O)(CO)OC/C=C(/C)CC/C=C(\C)CCC=C(C)C)C(C)[C@@H](O)[C@H]1O)OCCOC.